The van der Waals surface area contributed by atoms with E-state index in [4.69, 9.17) is 5.73 Å². The average molecular weight is 232 g/mol. The highest BCUT2D eigenvalue weighted by Gasteiger charge is 2.08. The van der Waals surface area contributed by atoms with E-state index in [0.29, 0.717) is 13.0 Å². The predicted octanol–water partition coefficient (Wildman–Crippen LogP) is 2.24. The van der Waals surface area contributed by atoms with Gasteiger partial charge in [-0.05, 0) is 31.0 Å². The lowest BCUT2D eigenvalue weighted by Gasteiger charge is -2.17. The number of hydrogen-bond acceptors (Lipinski definition) is 2. The molecule has 1 aromatic carbocycles. The molecule has 17 heavy (non-hydrogen) atoms. The van der Waals surface area contributed by atoms with Gasteiger partial charge >= 0.3 is 0 Å². The third-order valence-corrected chi connectivity index (χ3v) is 2.51. The van der Waals surface area contributed by atoms with Gasteiger partial charge in [0.1, 0.15) is 0 Å². The standard InChI is InChI=1S/C14H20N2O/c1-11(2)10-16(3)14(17)8-7-12-5-4-6-13(15)9-12/h4-6,9H,1,7-8,10,15H2,2-3H3. The number of likely N-dealkylation sites (N-methyl/N-ethyl adjacent to an activating group) is 1. The number of benzene rings is 1. The monoisotopic (exact) mass is 232 g/mol. The van der Waals surface area contributed by atoms with Crippen molar-refractivity contribution in [3.63, 3.8) is 0 Å². The van der Waals surface area contributed by atoms with Crippen LogP contribution >= 0.6 is 0 Å². The summed E-state index contributed by atoms with van der Waals surface area (Å²) in [6.07, 6.45) is 1.23. The fourth-order valence-corrected chi connectivity index (χ4v) is 1.68. The predicted molar refractivity (Wildman–Crippen MR) is 71.6 cm³/mol. The van der Waals surface area contributed by atoms with E-state index in [-0.39, 0.29) is 5.91 Å². The smallest absolute Gasteiger partial charge is 0.222 e. The number of hydrogen-bond donors (Lipinski definition) is 1. The highest BCUT2D eigenvalue weighted by atomic mass is 16.2. The van der Waals surface area contributed by atoms with E-state index in [0.717, 1.165) is 23.2 Å². The Balaban J connectivity index is 2.45. The molecule has 0 heterocycles. The average Bonchev–Trinajstić information content (AvgIpc) is 2.25. The van der Waals surface area contributed by atoms with E-state index in [1.54, 1.807) is 11.9 Å². The lowest BCUT2D eigenvalue weighted by molar-refractivity contribution is -0.129. The molecule has 0 unspecified atom stereocenters. The third-order valence-electron chi connectivity index (χ3n) is 2.51. The van der Waals surface area contributed by atoms with Crippen LogP contribution in [0.3, 0.4) is 0 Å². The van der Waals surface area contributed by atoms with E-state index < -0.39 is 0 Å². The molecular weight excluding hydrogens is 212 g/mol. The summed E-state index contributed by atoms with van der Waals surface area (Å²) in [5.41, 5.74) is 8.51. The molecule has 0 spiro atoms. The Morgan fingerprint density at radius 2 is 2.18 bits per heavy atom. The van der Waals surface area contributed by atoms with Crippen molar-refractivity contribution in [2.24, 2.45) is 0 Å². The molecule has 1 amide bonds. The molecule has 0 aliphatic heterocycles. The number of rotatable bonds is 5. The summed E-state index contributed by atoms with van der Waals surface area (Å²) in [6.45, 7) is 6.34. The van der Waals surface area contributed by atoms with Crippen molar-refractivity contribution in [1.29, 1.82) is 0 Å². The molecule has 92 valence electrons. The maximum Gasteiger partial charge on any atom is 0.222 e. The molecule has 1 rings (SSSR count). The van der Waals surface area contributed by atoms with Crippen LogP contribution < -0.4 is 5.73 Å². The van der Waals surface area contributed by atoms with Crippen LogP contribution in [0, 0.1) is 0 Å². The number of aryl methyl sites for hydroxylation is 1. The van der Waals surface area contributed by atoms with Crippen molar-refractivity contribution >= 4 is 11.6 Å². The SMILES string of the molecule is C=C(C)CN(C)C(=O)CCc1cccc(N)c1. The van der Waals surface area contributed by atoms with Gasteiger partial charge in [0.25, 0.3) is 0 Å². The number of anilines is 1. The maximum absolute atomic E-state index is 11.8. The lowest BCUT2D eigenvalue weighted by atomic mass is 10.1. The first kappa shape index (κ1) is 13.3. The molecule has 0 aromatic heterocycles. The van der Waals surface area contributed by atoms with Crippen LogP contribution in [0.1, 0.15) is 18.9 Å². The van der Waals surface area contributed by atoms with Crippen molar-refractivity contribution in [2.45, 2.75) is 19.8 Å². The van der Waals surface area contributed by atoms with Gasteiger partial charge in [-0.2, -0.15) is 0 Å². The summed E-state index contributed by atoms with van der Waals surface area (Å²) in [6, 6.07) is 7.65. The molecule has 0 bridgehead atoms. The van der Waals surface area contributed by atoms with E-state index in [1.807, 2.05) is 31.2 Å². The zero-order valence-electron chi connectivity index (χ0n) is 10.6. The van der Waals surface area contributed by atoms with Crippen molar-refractivity contribution in [3.05, 3.63) is 42.0 Å². The van der Waals surface area contributed by atoms with Crippen molar-refractivity contribution < 1.29 is 4.79 Å². The molecule has 1 aromatic rings. The van der Waals surface area contributed by atoms with Crippen molar-refractivity contribution in [2.75, 3.05) is 19.3 Å². The second kappa shape index (κ2) is 6.09. The summed E-state index contributed by atoms with van der Waals surface area (Å²) >= 11 is 0. The van der Waals surface area contributed by atoms with E-state index >= 15 is 0 Å². The van der Waals surface area contributed by atoms with Gasteiger partial charge in [0.2, 0.25) is 5.91 Å². The minimum atomic E-state index is 0.135. The molecule has 0 atom stereocenters. The molecular formula is C14H20N2O. The van der Waals surface area contributed by atoms with Crippen LogP contribution in [-0.4, -0.2) is 24.4 Å². The number of amides is 1. The first-order chi connectivity index (χ1) is 7.99. The summed E-state index contributed by atoms with van der Waals surface area (Å²) < 4.78 is 0. The second-order valence-corrected chi connectivity index (χ2v) is 4.45. The Morgan fingerprint density at radius 3 is 2.76 bits per heavy atom. The van der Waals surface area contributed by atoms with E-state index in [9.17, 15) is 4.79 Å². The first-order valence-corrected chi connectivity index (χ1v) is 5.72. The lowest BCUT2D eigenvalue weighted by Crippen LogP contribution is -2.28. The molecule has 3 heteroatoms. The summed E-state index contributed by atoms with van der Waals surface area (Å²) in [7, 11) is 1.80. The van der Waals surface area contributed by atoms with E-state index in [1.165, 1.54) is 0 Å². The molecule has 3 nitrogen and oxygen atoms in total. The fourth-order valence-electron chi connectivity index (χ4n) is 1.68. The van der Waals surface area contributed by atoms with Gasteiger partial charge in [-0.3, -0.25) is 4.79 Å². The summed E-state index contributed by atoms with van der Waals surface area (Å²) in [4.78, 5) is 13.5. The molecule has 0 aliphatic carbocycles. The van der Waals surface area contributed by atoms with Crippen LogP contribution in [0.15, 0.2) is 36.4 Å². The molecule has 0 radical (unpaired) electrons. The maximum atomic E-state index is 11.8. The Morgan fingerprint density at radius 1 is 1.47 bits per heavy atom. The highest BCUT2D eigenvalue weighted by Crippen LogP contribution is 2.09. The Hall–Kier alpha value is -1.77. The molecule has 0 saturated carbocycles. The molecule has 0 fully saturated rings. The van der Waals surface area contributed by atoms with Gasteiger partial charge in [-0.25, -0.2) is 0 Å². The highest BCUT2D eigenvalue weighted by molar-refractivity contribution is 5.76. The Bertz CT molecular complexity index is 412. The molecule has 0 aliphatic rings. The molecule has 0 saturated heterocycles. The zero-order valence-corrected chi connectivity index (χ0v) is 10.6. The zero-order chi connectivity index (χ0) is 12.8. The van der Waals surface area contributed by atoms with Gasteiger partial charge in [0, 0.05) is 25.7 Å². The second-order valence-electron chi connectivity index (χ2n) is 4.45. The number of nitrogen functional groups attached to an aromatic ring is 1. The quantitative estimate of drug-likeness (QED) is 0.625. The van der Waals surface area contributed by atoms with Gasteiger partial charge in [0.05, 0.1) is 0 Å². The van der Waals surface area contributed by atoms with Crippen molar-refractivity contribution in [3.8, 4) is 0 Å². The van der Waals surface area contributed by atoms with Crippen LogP contribution in [0.25, 0.3) is 0 Å². The number of carbonyl (C=O) groups excluding carboxylic acids is 1. The van der Waals surface area contributed by atoms with Crippen LogP contribution in [-0.2, 0) is 11.2 Å². The largest absolute Gasteiger partial charge is 0.399 e. The van der Waals surface area contributed by atoms with Crippen LogP contribution in [0.2, 0.25) is 0 Å². The summed E-state index contributed by atoms with van der Waals surface area (Å²) in [5, 5.41) is 0. The normalized spacial score (nSPS) is 10.0. The number of carbonyl (C=O) groups is 1. The Kier molecular flexibility index (Phi) is 4.76. The first-order valence-electron chi connectivity index (χ1n) is 5.72. The summed E-state index contributed by atoms with van der Waals surface area (Å²) in [5.74, 6) is 0.135. The Labute approximate surface area is 103 Å². The fraction of sp³-hybridized carbons (Fsp3) is 0.357. The van der Waals surface area contributed by atoms with Gasteiger partial charge < -0.3 is 10.6 Å². The minimum absolute atomic E-state index is 0.135. The van der Waals surface area contributed by atoms with Gasteiger partial charge in [0.15, 0.2) is 0 Å². The molecule has 2 N–H and O–H groups in total. The van der Waals surface area contributed by atoms with Crippen molar-refractivity contribution in [1.82, 2.24) is 4.90 Å². The third kappa shape index (κ3) is 4.72. The van der Waals surface area contributed by atoms with Crippen LogP contribution in [0.4, 0.5) is 5.69 Å². The minimum Gasteiger partial charge on any atom is -0.399 e. The number of nitrogens with two attached hydrogens (primary N) is 1. The van der Waals surface area contributed by atoms with Gasteiger partial charge in [-0.1, -0.05) is 24.3 Å². The topological polar surface area (TPSA) is 46.3 Å². The van der Waals surface area contributed by atoms with Gasteiger partial charge in [-0.15, -0.1) is 0 Å². The van der Waals surface area contributed by atoms with Crippen LogP contribution in [0.5, 0.6) is 0 Å². The van der Waals surface area contributed by atoms with E-state index in [2.05, 4.69) is 6.58 Å². The number of nitrogens with zero attached hydrogens (tertiary/aromatic N) is 1.